The smallest absolute Gasteiger partial charge is 0.0321 e. The van der Waals surface area contributed by atoms with Crippen molar-refractivity contribution in [3.05, 3.63) is 0 Å². The highest BCUT2D eigenvalue weighted by atomic mass is 14.5. The third-order valence-electron chi connectivity index (χ3n) is 11.2. The Morgan fingerprint density at radius 1 is 0.233 bits per heavy atom. The lowest BCUT2D eigenvalue weighted by Crippen LogP contribution is -2.48. The first-order valence-corrected chi connectivity index (χ1v) is 14.9. The summed E-state index contributed by atoms with van der Waals surface area (Å²) in [5.41, 5.74) is 0. The first-order valence-electron chi connectivity index (χ1n) is 14.9. The molecule has 0 amide bonds. The van der Waals surface area contributed by atoms with Crippen LogP contribution in [0.5, 0.6) is 0 Å². The Morgan fingerprint density at radius 3 is 0.800 bits per heavy atom. The summed E-state index contributed by atoms with van der Waals surface area (Å²) in [4.78, 5) is 0. The molecule has 0 aliphatic heterocycles. The molecule has 30 heavy (non-hydrogen) atoms. The van der Waals surface area contributed by atoms with Crippen molar-refractivity contribution >= 4 is 0 Å². The lowest BCUT2D eigenvalue weighted by atomic mass is 9.50. The normalized spacial score (nSPS) is 39.2. The zero-order valence-corrected chi connectivity index (χ0v) is 20.2. The Hall–Kier alpha value is 0. The monoisotopic (exact) mass is 412 g/mol. The van der Waals surface area contributed by atoms with E-state index in [1.807, 2.05) is 0 Å². The molecule has 0 radical (unpaired) electrons. The van der Waals surface area contributed by atoms with Crippen molar-refractivity contribution in [2.75, 3.05) is 0 Å². The van der Waals surface area contributed by atoms with E-state index < -0.39 is 0 Å². The van der Waals surface area contributed by atoms with Crippen LogP contribution in [0.3, 0.4) is 0 Å². The number of hydrogen-bond donors (Lipinski definition) is 0. The Balaban J connectivity index is 1.45. The fourth-order valence-corrected chi connectivity index (χ4v) is 9.93. The van der Waals surface area contributed by atoms with E-state index in [9.17, 15) is 0 Å². The van der Waals surface area contributed by atoms with E-state index in [-0.39, 0.29) is 0 Å². The van der Waals surface area contributed by atoms with Crippen molar-refractivity contribution < 1.29 is 0 Å². The molecule has 0 N–H and O–H groups in total. The topological polar surface area (TPSA) is 0 Å². The molecule has 172 valence electrons. The van der Waals surface area contributed by atoms with Crippen LogP contribution in [0.2, 0.25) is 0 Å². The zero-order chi connectivity index (χ0) is 20.2. The van der Waals surface area contributed by atoms with E-state index in [1.54, 1.807) is 116 Å². The highest BCUT2D eigenvalue weighted by Gasteiger charge is 2.50. The van der Waals surface area contributed by atoms with Gasteiger partial charge in [0.1, 0.15) is 0 Å². The summed E-state index contributed by atoms with van der Waals surface area (Å²) in [5.74, 6) is 8.98. The maximum Gasteiger partial charge on any atom is -0.0321 e. The molecule has 0 aromatic heterocycles. The molecule has 5 aliphatic rings. The molecular weight excluding hydrogens is 360 g/mol. The highest BCUT2D eigenvalue weighted by Crippen LogP contribution is 2.58. The minimum atomic E-state index is 1.11. The van der Waals surface area contributed by atoms with Gasteiger partial charge in [0.15, 0.2) is 0 Å². The number of rotatable bonds is 4. The Kier molecular flexibility index (Phi) is 7.82. The minimum absolute atomic E-state index is 1.11. The molecule has 0 unspecified atom stereocenters. The summed E-state index contributed by atoms with van der Waals surface area (Å²) in [5, 5.41) is 0. The van der Waals surface area contributed by atoms with Crippen LogP contribution in [0, 0.1) is 47.3 Å². The van der Waals surface area contributed by atoms with E-state index in [2.05, 4.69) is 0 Å². The van der Waals surface area contributed by atoms with Crippen LogP contribution in [-0.4, -0.2) is 0 Å². The first kappa shape index (κ1) is 21.8. The van der Waals surface area contributed by atoms with E-state index in [4.69, 9.17) is 0 Å². The molecule has 0 heterocycles. The fraction of sp³-hybridized carbons (Fsp3) is 1.00. The summed E-state index contributed by atoms with van der Waals surface area (Å²) in [6.45, 7) is 0. The summed E-state index contributed by atoms with van der Waals surface area (Å²) in [6, 6.07) is 0. The van der Waals surface area contributed by atoms with Gasteiger partial charge < -0.3 is 0 Å². The largest absolute Gasteiger partial charge is 0.0533 e. The second kappa shape index (κ2) is 10.7. The molecule has 0 nitrogen and oxygen atoms in total. The van der Waals surface area contributed by atoms with Crippen molar-refractivity contribution in [2.45, 2.75) is 141 Å². The Labute approximate surface area is 188 Å². The maximum absolute atomic E-state index is 1.64. The van der Waals surface area contributed by atoms with Gasteiger partial charge in [0, 0.05) is 0 Å². The number of hydrogen-bond acceptors (Lipinski definition) is 0. The van der Waals surface area contributed by atoms with Crippen LogP contribution in [0.1, 0.15) is 141 Å². The second-order valence-corrected chi connectivity index (χ2v) is 12.7. The van der Waals surface area contributed by atoms with Gasteiger partial charge in [-0.15, -0.1) is 0 Å². The van der Waals surface area contributed by atoms with Crippen LogP contribution in [0.25, 0.3) is 0 Å². The lowest BCUT2D eigenvalue weighted by Gasteiger charge is -2.55. The van der Waals surface area contributed by atoms with Gasteiger partial charge in [0.05, 0.1) is 0 Å². The summed E-state index contributed by atoms with van der Waals surface area (Å²) >= 11 is 0. The SMILES string of the molecule is C1CCC([C@@H]2[C@H](C3CCCCC3)[C@H](C3CCCCC3)CC[C@H]2C2CCCCC2)CC1. The molecule has 5 fully saturated rings. The molecule has 0 heteroatoms. The molecule has 5 aliphatic carbocycles. The molecule has 5 saturated carbocycles. The minimum Gasteiger partial charge on any atom is -0.0533 e. The van der Waals surface area contributed by atoms with Gasteiger partial charge in [-0.2, -0.15) is 0 Å². The van der Waals surface area contributed by atoms with Crippen molar-refractivity contribution in [3.8, 4) is 0 Å². The Bertz CT molecular complexity index is 438. The van der Waals surface area contributed by atoms with Crippen LogP contribution >= 0.6 is 0 Å². The molecule has 0 saturated heterocycles. The van der Waals surface area contributed by atoms with Crippen molar-refractivity contribution in [3.63, 3.8) is 0 Å². The molecule has 0 aromatic carbocycles. The second-order valence-electron chi connectivity index (χ2n) is 12.7. The first-order chi connectivity index (χ1) is 14.9. The lowest BCUT2D eigenvalue weighted by molar-refractivity contribution is -0.0649. The van der Waals surface area contributed by atoms with E-state index in [0.717, 1.165) is 47.3 Å². The Morgan fingerprint density at radius 2 is 0.500 bits per heavy atom. The van der Waals surface area contributed by atoms with E-state index >= 15 is 0 Å². The predicted molar refractivity (Wildman–Crippen MR) is 129 cm³/mol. The van der Waals surface area contributed by atoms with Gasteiger partial charge in [0.25, 0.3) is 0 Å². The maximum atomic E-state index is 1.64. The zero-order valence-electron chi connectivity index (χ0n) is 20.2. The fourth-order valence-electron chi connectivity index (χ4n) is 9.93. The molecule has 0 bridgehead atoms. The predicted octanol–water partition coefficient (Wildman–Crippen LogP) is 9.57. The quantitative estimate of drug-likeness (QED) is 0.431. The molecule has 0 spiro atoms. The molecular formula is C30H52. The van der Waals surface area contributed by atoms with Gasteiger partial charge in [-0.3, -0.25) is 0 Å². The molecule has 4 atom stereocenters. The van der Waals surface area contributed by atoms with Gasteiger partial charge >= 0.3 is 0 Å². The molecule has 0 aromatic rings. The average molecular weight is 413 g/mol. The van der Waals surface area contributed by atoms with E-state index in [1.165, 1.54) is 25.7 Å². The van der Waals surface area contributed by atoms with Crippen molar-refractivity contribution in [2.24, 2.45) is 47.3 Å². The van der Waals surface area contributed by atoms with Crippen LogP contribution in [0.4, 0.5) is 0 Å². The van der Waals surface area contributed by atoms with Gasteiger partial charge in [-0.1, -0.05) is 128 Å². The van der Waals surface area contributed by atoms with Crippen molar-refractivity contribution in [1.29, 1.82) is 0 Å². The van der Waals surface area contributed by atoms with Gasteiger partial charge in [-0.05, 0) is 60.2 Å². The van der Waals surface area contributed by atoms with E-state index in [0.29, 0.717) is 0 Å². The highest BCUT2D eigenvalue weighted by molar-refractivity contribution is 4.99. The van der Waals surface area contributed by atoms with Crippen LogP contribution < -0.4 is 0 Å². The average Bonchev–Trinajstić information content (AvgIpc) is 2.85. The molecule has 5 rings (SSSR count). The van der Waals surface area contributed by atoms with Gasteiger partial charge in [-0.25, -0.2) is 0 Å². The summed E-state index contributed by atoms with van der Waals surface area (Å²) in [6.07, 6.45) is 34.7. The summed E-state index contributed by atoms with van der Waals surface area (Å²) in [7, 11) is 0. The van der Waals surface area contributed by atoms with Crippen molar-refractivity contribution in [1.82, 2.24) is 0 Å². The van der Waals surface area contributed by atoms with Crippen LogP contribution in [0.15, 0.2) is 0 Å². The van der Waals surface area contributed by atoms with Crippen LogP contribution in [-0.2, 0) is 0 Å². The summed E-state index contributed by atoms with van der Waals surface area (Å²) < 4.78 is 0. The third kappa shape index (κ3) is 4.83. The standard InChI is InChI=1S/C30H52/c1-5-13-23(14-6-1)27-21-22-28(24-15-7-2-8-16-24)30(26-19-11-4-12-20-26)29(27)25-17-9-3-10-18-25/h23-30H,1-22H2/t27-,28-,29-,30+/m0/s1. The third-order valence-corrected chi connectivity index (χ3v) is 11.2. The van der Waals surface area contributed by atoms with Gasteiger partial charge in [0.2, 0.25) is 0 Å².